The van der Waals surface area contributed by atoms with Crippen molar-refractivity contribution in [2.24, 2.45) is 5.41 Å². The molecule has 1 aromatic carbocycles. The lowest BCUT2D eigenvalue weighted by Gasteiger charge is -2.63. The molecule has 0 radical (unpaired) electrons. The quantitative estimate of drug-likeness (QED) is 0.330. The molecule has 2 heterocycles. The van der Waals surface area contributed by atoms with Crippen LogP contribution in [-0.2, 0) is 28.8 Å². The van der Waals surface area contributed by atoms with Crippen LogP contribution in [0.2, 0.25) is 0 Å². The smallest absolute Gasteiger partial charge is 0.378 e. The number of rotatable bonds is 5. The summed E-state index contributed by atoms with van der Waals surface area (Å²) in [5.41, 5.74) is -2.77. The molecule has 1 aromatic rings. The SMILES string of the molecule is CCO[C@]1(C)CC[C@@]23C[C@]1(OO[C@]2(C)CSc1ccccc1)OC(=O)C3=O. The number of esters is 1. The van der Waals surface area contributed by atoms with Gasteiger partial charge in [0.25, 0.3) is 5.79 Å². The molecule has 7 heteroatoms. The lowest BCUT2D eigenvalue weighted by Crippen LogP contribution is -2.77. The number of carbonyl (C=O) groups is 2. The van der Waals surface area contributed by atoms with Gasteiger partial charge in [-0.2, -0.15) is 4.89 Å². The van der Waals surface area contributed by atoms with Crippen LogP contribution in [0.25, 0.3) is 0 Å². The molecule has 3 aliphatic rings. The highest BCUT2D eigenvalue weighted by molar-refractivity contribution is 7.99. The molecule has 27 heavy (non-hydrogen) atoms. The van der Waals surface area contributed by atoms with Gasteiger partial charge in [-0.25, -0.2) is 9.68 Å². The van der Waals surface area contributed by atoms with Crippen molar-refractivity contribution < 1.29 is 28.8 Å². The summed E-state index contributed by atoms with van der Waals surface area (Å²) >= 11 is 1.58. The standard InChI is InChI=1S/C20H24O6S/c1-4-23-17(2)10-11-19-12-20(17,24-16(22)15(19)21)26-25-18(19,3)13-27-14-8-6-5-7-9-14/h5-9H,4,10-13H2,1-3H3/t17-,18-,19+,20-/m1/s1. The Hall–Kier alpha value is -1.41. The second kappa shape index (κ2) is 6.30. The van der Waals surface area contributed by atoms with E-state index in [0.29, 0.717) is 25.2 Å². The van der Waals surface area contributed by atoms with Gasteiger partial charge in [0, 0.05) is 23.7 Å². The molecule has 0 amide bonds. The van der Waals surface area contributed by atoms with Gasteiger partial charge in [0.15, 0.2) is 0 Å². The van der Waals surface area contributed by atoms with E-state index < -0.39 is 34.2 Å². The number of ketones is 1. The van der Waals surface area contributed by atoms with Crippen molar-refractivity contribution in [3.63, 3.8) is 0 Å². The van der Waals surface area contributed by atoms with Crippen LogP contribution in [0.3, 0.4) is 0 Å². The van der Waals surface area contributed by atoms with Crippen LogP contribution in [0.15, 0.2) is 35.2 Å². The van der Waals surface area contributed by atoms with Crippen molar-refractivity contribution in [3.05, 3.63) is 30.3 Å². The van der Waals surface area contributed by atoms with E-state index >= 15 is 0 Å². The van der Waals surface area contributed by atoms with Gasteiger partial charge in [0.2, 0.25) is 5.78 Å². The molecule has 4 rings (SSSR count). The van der Waals surface area contributed by atoms with E-state index in [1.165, 1.54) is 0 Å². The molecule has 146 valence electrons. The third kappa shape index (κ3) is 2.59. The van der Waals surface area contributed by atoms with Crippen LogP contribution >= 0.6 is 11.8 Å². The minimum Gasteiger partial charge on any atom is -0.421 e. The summed E-state index contributed by atoms with van der Waals surface area (Å²) in [6.07, 6.45) is 1.30. The van der Waals surface area contributed by atoms with E-state index in [1.54, 1.807) is 11.8 Å². The van der Waals surface area contributed by atoms with E-state index in [0.717, 1.165) is 4.90 Å². The number of thioether (sulfide) groups is 1. The maximum absolute atomic E-state index is 13.0. The third-order valence-electron chi connectivity index (χ3n) is 6.34. The monoisotopic (exact) mass is 392 g/mol. The molecule has 3 fully saturated rings. The Kier molecular flexibility index (Phi) is 4.42. The zero-order valence-corrected chi connectivity index (χ0v) is 16.6. The van der Waals surface area contributed by atoms with Gasteiger partial charge in [0.1, 0.15) is 11.2 Å². The first kappa shape index (κ1) is 18.9. The van der Waals surface area contributed by atoms with Crippen LogP contribution < -0.4 is 0 Å². The molecule has 2 aliphatic heterocycles. The summed E-state index contributed by atoms with van der Waals surface area (Å²) in [6, 6.07) is 9.88. The Morgan fingerprint density at radius 3 is 2.56 bits per heavy atom. The molecule has 1 saturated carbocycles. The Labute approximate surface area is 162 Å². The van der Waals surface area contributed by atoms with Crippen LogP contribution in [0.4, 0.5) is 0 Å². The Bertz CT molecular complexity index is 769. The molecule has 0 N–H and O–H groups in total. The Balaban J connectivity index is 1.68. The van der Waals surface area contributed by atoms with E-state index in [2.05, 4.69) is 0 Å². The van der Waals surface area contributed by atoms with Crippen molar-refractivity contribution in [1.29, 1.82) is 0 Å². The summed E-state index contributed by atoms with van der Waals surface area (Å²) < 4.78 is 11.4. The van der Waals surface area contributed by atoms with E-state index in [4.69, 9.17) is 19.2 Å². The highest BCUT2D eigenvalue weighted by Crippen LogP contribution is 2.63. The first-order chi connectivity index (χ1) is 12.8. The molecular formula is C20H24O6S. The lowest BCUT2D eigenvalue weighted by molar-refractivity contribution is -0.539. The number of hydrogen-bond donors (Lipinski definition) is 0. The summed E-state index contributed by atoms with van der Waals surface area (Å²) in [7, 11) is 0. The van der Waals surface area contributed by atoms with Crippen molar-refractivity contribution in [3.8, 4) is 0 Å². The molecule has 0 spiro atoms. The maximum Gasteiger partial charge on any atom is 0.378 e. The van der Waals surface area contributed by atoms with Crippen LogP contribution in [0.5, 0.6) is 0 Å². The van der Waals surface area contributed by atoms with Crippen molar-refractivity contribution >= 4 is 23.5 Å². The fourth-order valence-corrected chi connectivity index (χ4v) is 5.63. The molecule has 6 nitrogen and oxygen atoms in total. The molecular weight excluding hydrogens is 368 g/mol. The number of benzene rings is 1. The van der Waals surface area contributed by atoms with Crippen LogP contribution in [0.1, 0.15) is 40.0 Å². The van der Waals surface area contributed by atoms with Gasteiger partial charge in [-0.15, -0.1) is 11.8 Å². The number of hydrogen-bond acceptors (Lipinski definition) is 7. The van der Waals surface area contributed by atoms with E-state index in [1.807, 2.05) is 51.1 Å². The molecule has 2 saturated heterocycles. The zero-order valence-electron chi connectivity index (χ0n) is 15.8. The second-order valence-corrected chi connectivity index (χ2v) is 8.94. The predicted octanol–water partition coefficient (Wildman–Crippen LogP) is 3.29. The Morgan fingerprint density at radius 2 is 1.85 bits per heavy atom. The average molecular weight is 392 g/mol. The van der Waals surface area contributed by atoms with Gasteiger partial charge in [-0.1, -0.05) is 18.2 Å². The lowest BCUT2D eigenvalue weighted by atomic mass is 9.55. The molecule has 0 aromatic heterocycles. The van der Waals surface area contributed by atoms with Crippen molar-refractivity contribution in [2.45, 2.75) is 61.9 Å². The molecule has 2 bridgehead atoms. The topological polar surface area (TPSA) is 71.1 Å². The zero-order chi connectivity index (χ0) is 19.3. The maximum atomic E-state index is 13.0. The van der Waals surface area contributed by atoms with Gasteiger partial charge in [-0.3, -0.25) is 4.79 Å². The molecule has 1 aliphatic carbocycles. The third-order valence-corrected chi connectivity index (χ3v) is 7.64. The largest absolute Gasteiger partial charge is 0.421 e. The van der Waals surface area contributed by atoms with Crippen molar-refractivity contribution in [1.82, 2.24) is 0 Å². The highest BCUT2D eigenvalue weighted by Gasteiger charge is 2.77. The molecule has 4 atom stereocenters. The number of carbonyl (C=O) groups excluding carboxylic acids is 2. The highest BCUT2D eigenvalue weighted by atomic mass is 32.2. The van der Waals surface area contributed by atoms with Crippen molar-refractivity contribution in [2.75, 3.05) is 12.4 Å². The predicted molar refractivity (Wildman–Crippen MR) is 97.9 cm³/mol. The Morgan fingerprint density at radius 1 is 1.11 bits per heavy atom. The normalized spacial score (nSPS) is 40.6. The van der Waals surface area contributed by atoms with Gasteiger partial charge >= 0.3 is 5.97 Å². The summed E-state index contributed by atoms with van der Waals surface area (Å²) in [5.74, 6) is -2.28. The van der Waals surface area contributed by atoms with E-state index in [9.17, 15) is 9.59 Å². The average Bonchev–Trinajstić information content (AvgIpc) is 2.66. The van der Waals surface area contributed by atoms with Gasteiger partial charge in [-0.05, 0) is 45.7 Å². The summed E-state index contributed by atoms with van der Waals surface area (Å²) in [5, 5.41) is 0. The van der Waals surface area contributed by atoms with Crippen LogP contribution in [0, 0.1) is 5.41 Å². The van der Waals surface area contributed by atoms with Gasteiger partial charge in [0.05, 0.1) is 5.41 Å². The number of ether oxygens (including phenoxy) is 2. The second-order valence-electron chi connectivity index (χ2n) is 7.89. The van der Waals surface area contributed by atoms with Gasteiger partial charge < -0.3 is 9.47 Å². The summed E-state index contributed by atoms with van der Waals surface area (Å²) in [4.78, 5) is 38.2. The summed E-state index contributed by atoms with van der Waals surface area (Å²) in [6.45, 7) is 6.03. The minimum atomic E-state index is -1.39. The number of Topliss-reactive ketones (excluding diaryl/α,β-unsaturated/α-hetero) is 1. The fourth-order valence-electron chi connectivity index (χ4n) is 4.51. The fraction of sp³-hybridized carbons (Fsp3) is 0.600. The molecule has 0 unspecified atom stereocenters. The van der Waals surface area contributed by atoms with Crippen LogP contribution in [-0.4, -0.2) is 41.1 Å². The first-order valence-electron chi connectivity index (χ1n) is 9.26. The minimum absolute atomic E-state index is 0.257. The first-order valence-corrected chi connectivity index (χ1v) is 10.2. The van der Waals surface area contributed by atoms with E-state index in [-0.39, 0.29) is 6.42 Å².